The van der Waals surface area contributed by atoms with Gasteiger partial charge in [-0.3, -0.25) is 14.4 Å². The lowest BCUT2D eigenvalue weighted by atomic mass is 9.80. The van der Waals surface area contributed by atoms with Crippen LogP contribution in [0.25, 0.3) is 49.2 Å². The van der Waals surface area contributed by atoms with E-state index < -0.39 is 5.92 Å². The van der Waals surface area contributed by atoms with E-state index in [2.05, 4.69) is 34.9 Å². The van der Waals surface area contributed by atoms with Crippen molar-refractivity contribution in [3.63, 3.8) is 0 Å². The Morgan fingerprint density at radius 1 is 0.774 bits per heavy atom. The molecule has 0 fully saturated rings. The van der Waals surface area contributed by atoms with E-state index in [-0.39, 0.29) is 22.4 Å². The van der Waals surface area contributed by atoms with Crippen LogP contribution in [0.1, 0.15) is 56.6 Å². The van der Waals surface area contributed by atoms with Gasteiger partial charge in [0, 0.05) is 69.2 Å². The van der Waals surface area contributed by atoms with Crippen molar-refractivity contribution < 1.29 is 19.0 Å². The minimum absolute atomic E-state index is 0.103. The number of methoxy groups -OCH3 is 3. The van der Waals surface area contributed by atoms with Crippen molar-refractivity contribution in [2.75, 3.05) is 89.1 Å². The van der Waals surface area contributed by atoms with Crippen LogP contribution in [0, 0.1) is 0 Å². The number of thioether (sulfide) groups is 2. The maximum atomic E-state index is 15.3. The van der Waals surface area contributed by atoms with E-state index in [1.165, 1.54) is 7.11 Å². The molecule has 2 heterocycles. The molecule has 0 aromatic heterocycles. The molecule has 0 spiro atoms. The molecule has 3 aliphatic rings. The fourth-order valence-corrected chi connectivity index (χ4v) is 11.1. The third-order valence-electron chi connectivity index (χ3n) is 11.0. The molecule has 53 heavy (non-hydrogen) atoms. The summed E-state index contributed by atoms with van der Waals surface area (Å²) in [5.74, 6) is 2.11. The molecule has 0 radical (unpaired) electrons. The summed E-state index contributed by atoms with van der Waals surface area (Å²) < 4.78 is 18.8. The van der Waals surface area contributed by atoms with Gasteiger partial charge >= 0.3 is 0 Å². The number of carbonyl (C=O) groups is 1. The number of nitrogens with zero attached hydrogens (tertiary/aromatic N) is 1. The largest absolute Gasteiger partial charge is 0.495 e. The molecular formula is C41H46N4O6S2. The molecule has 12 heteroatoms. The van der Waals surface area contributed by atoms with Crippen LogP contribution in [0.3, 0.4) is 0 Å². The molecule has 0 bridgehead atoms. The molecule has 3 N–H and O–H groups in total. The highest BCUT2D eigenvalue weighted by molar-refractivity contribution is 8.00. The molecule has 1 atom stereocenters. The first-order valence-electron chi connectivity index (χ1n) is 18.4. The van der Waals surface area contributed by atoms with Gasteiger partial charge in [0.25, 0.3) is 0 Å². The Bertz CT molecular complexity index is 2480. The van der Waals surface area contributed by atoms with Crippen molar-refractivity contribution in [2.24, 2.45) is 0 Å². The van der Waals surface area contributed by atoms with Crippen LogP contribution in [-0.4, -0.2) is 83.8 Å². The van der Waals surface area contributed by atoms with Crippen LogP contribution in [0.4, 0.5) is 17.1 Å². The van der Waals surface area contributed by atoms with Gasteiger partial charge < -0.3 is 35.1 Å². The molecule has 8 rings (SSSR count). The normalized spacial score (nSPS) is 16.5. The Morgan fingerprint density at radius 3 is 1.91 bits per heavy atom. The van der Waals surface area contributed by atoms with Crippen molar-refractivity contribution in [1.82, 2.24) is 4.90 Å². The monoisotopic (exact) mass is 754 g/mol. The molecular weight excluding hydrogens is 709 g/mol. The first kappa shape index (κ1) is 35.9. The third-order valence-corrected chi connectivity index (χ3v) is 13.2. The van der Waals surface area contributed by atoms with Gasteiger partial charge in [-0.2, -0.15) is 0 Å². The lowest BCUT2D eigenvalue weighted by molar-refractivity contribution is -0.117. The Kier molecular flexibility index (Phi) is 9.43. The lowest BCUT2D eigenvalue weighted by Gasteiger charge is -2.30. The van der Waals surface area contributed by atoms with Crippen LogP contribution in [0.15, 0.2) is 25.0 Å². The molecule has 1 unspecified atom stereocenters. The summed E-state index contributed by atoms with van der Waals surface area (Å²) in [6.07, 6.45) is 6.16. The zero-order chi connectivity index (χ0) is 37.3. The fraction of sp³-hybridized carbons (Fsp3) is 0.439. The summed E-state index contributed by atoms with van der Waals surface area (Å²) in [4.78, 5) is 48.0. The number of Topliss-reactive ketones (excluding diaryl/α,β-unsaturated/α-hetero) is 1. The summed E-state index contributed by atoms with van der Waals surface area (Å²) in [6.45, 7) is 6.51. The van der Waals surface area contributed by atoms with E-state index in [1.54, 1.807) is 44.7 Å². The third kappa shape index (κ3) is 5.30. The zero-order valence-corrected chi connectivity index (χ0v) is 33.1. The molecule has 0 amide bonds. The van der Waals surface area contributed by atoms with Crippen LogP contribution < -0.4 is 41.0 Å². The van der Waals surface area contributed by atoms with E-state index in [9.17, 15) is 9.59 Å². The number of rotatable bonds is 12. The highest BCUT2D eigenvalue weighted by atomic mass is 32.2. The number of hydrogen-bond acceptors (Lipinski definition) is 12. The van der Waals surface area contributed by atoms with Gasteiger partial charge in [-0.1, -0.05) is 24.5 Å². The van der Waals surface area contributed by atoms with Crippen LogP contribution in [0.5, 0.6) is 17.2 Å². The van der Waals surface area contributed by atoms with E-state index in [4.69, 9.17) is 14.2 Å². The quantitative estimate of drug-likeness (QED) is 0.0662. The van der Waals surface area contributed by atoms with Gasteiger partial charge in [-0.25, -0.2) is 0 Å². The molecule has 2 aliphatic heterocycles. The molecule has 0 saturated heterocycles. The number of benzene rings is 5. The smallest absolute Gasteiger partial charge is 0.230 e. The molecule has 0 saturated carbocycles. The number of nitrogens with one attached hydrogen (secondary N) is 3. The molecule has 10 nitrogen and oxygen atoms in total. The van der Waals surface area contributed by atoms with Crippen molar-refractivity contribution in [1.29, 1.82) is 0 Å². The Balaban J connectivity index is 1.60. The number of ether oxygens (including phenoxy) is 3. The predicted octanol–water partition coefficient (Wildman–Crippen LogP) is 7.58. The maximum Gasteiger partial charge on any atom is 0.230 e. The molecule has 1 aliphatic carbocycles. The summed E-state index contributed by atoms with van der Waals surface area (Å²) in [5, 5.41) is 16.2. The number of hydrogen-bond donors (Lipinski definition) is 3. The summed E-state index contributed by atoms with van der Waals surface area (Å²) in [7, 11) is 9.01. The second-order valence-corrected chi connectivity index (χ2v) is 16.7. The fourth-order valence-electron chi connectivity index (χ4n) is 8.99. The Labute approximate surface area is 317 Å². The van der Waals surface area contributed by atoms with Gasteiger partial charge in [0.15, 0.2) is 5.75 Å². The minimum atomic E-state index is -0.772. The number of unbranched alkanes of at least 4 members (excludes halogenated alkanes) is 3. The Morgan fingerprint density at radius 2 is 1.34 bits per heavy atom. The number of ketones is 1. The van der Waals surface area contributed by atoms with Gasteiger partial charge in [-0.15, -0.1) is 23.5 Å². The minimum Gasteiger partial charge on any atom is -0.495 e. The summed E-state index contributed by atoms with van der Waals surface area (Å²) >= 11 is 3.30. The zero-order valence-electron chi connectivity index (χ0n) is 31.4. The highest BCUT2D eigenvalue weighted by Crippen LogP contribution is 2.60. The van der Waals surface area contributed by atoms with Crippen molar-refractivity contribution in [2.45, 2.75) is 55.2 Å². The van der Waals surface area contributed by atoms with E-state index in [0.29, 0.717) is 69.6 Å². The first-order valence-corrected chi connectivity index (χ1v) is 20.4. The SMILES string of the molecule is COc1c2c3c4c(c(NCCCCCCN(C)C)c(=O)c5c6c(c(OC)c(c7c(OC)c8c(c(c1=O)c73)NCCS8)c54)SCCN6)C=C(C)C2C(C)=O. The second-order valence-electron chi connectivity index (χ2n) is 14.5. The van der Waals surface area contributed by atoms with Gasteiger partial charge in [0.05, 0.1) is 64.9 Å². The molecule has 5 aromatic carbocycles. The molecule has 278 valence electrons. The maximum absolute atomic E-state index is 15.3. The average Bonchev–Trinajstić information content (AvgIpc) is 3.28. The van der Waals surface area contributed by atoms with Crippen molar-refractivity contribution >= 4 is 95.5 Å². The van der Waals surface area contributed by atoms with Gasteiger partial charge in [-0.05, 0) is 52.7 Å². The van der Waals surface area contributed by atoms with E-state index in [0.717, 1.165) is 91.9 Å². The predicted molar refractivity (Wildman–Crippen MR) is 222 cm³/mol. The average molecular weight is 755 g/mol. The summed E-state index contributed by atoms with van der Waals surface area (Å²) in [5.41, 5.74) is 3.58. The molecule has 5 aromatic rings. The second kappa shape index (κ2) is 13.9. The van der Waals surface area contributed by atoms with Crippen LogP contribution >= 0.6 is 23.5 Å². The number of anilines is 3. The van der Waals surface area contributed by atoms with Gasteiger partial charge in [0.2, 0.25) is 10.9 Å². The van der Waals surface area contributed by atoms with E-state index >= 15 is 4.79 Å². The number of carbonyl (C=O) groups excluding carboxylic acids is 1. The Hall–Kier alpha value is -4.13. The lowest BCUT2D eigenvalue weighted by Crippen LogP contribution is -2.21. The van der Waals surface area contributed by atoms with E-state index in [1.807, 2.05) is 13.0 Å². The van der Waals surface area contributed by atoms with Crippen molar-refractivity contribution in [3.8, 4) is 17.2 Å². The van der Waals surface area contributed by atoms with Gasteiger partial charge in [0.1, 0.15) is 17.3 Å². The standard InChI is InChI=1S/C41H46N4O6S2/c1-19-18-21-23-24-26-29(39(51-7)41-34(44-14-17-53-41)31(26)36(48)37(49-5)27(24)22(19)20(2)46)28-25(23)30(33-40(38(28)50-6)52-16-13-43-33)35(47)32(21)42-12-10-8-9-11-15-45(3)4/h18,22,42-44H,8-17H2,1-7H3. The van der Waals surface area contributed by atoms with Crippen molar-refractivity contribution in [3.05, 3.63) is 37.1 Å². The van der Waals surface area contributed by atoms with Crippen LogP contribution in [-0.2, 0) is 4.79 Å². The topological polar surface area (TPSA) is 118 Å². The highest BCUT2D eigenvalue weighted by Gasteiger charge is 2.39. The van der Waals surface area contributed by atoms with Crippen LogP contribution in [0.2, 0.25) is 0 Å². The number of fused-ring (bicyclic) bond motifs is 5. The first-order chi connectivity index (χ1) is 25.7. The summed E-state index contributed by atoms with van der Waals surface area (Å²) in [6, 6.07) is 0. The number of allylic oxidation sites excluding steroid dienone is 1.